The summed E-state index contributed by atoms with van der Waals surface area (Å²) in [7, 11) is 0. The van der Waals surface area contributed by atoms with E-state index in [1.807, 2.05) is 48.8 Å². The van der Waals surface area contributed by atoms with Gasteiger partial charge in [-0.3, -0.25) is 9.59 Å². The standard InChI is InChI=1S/C17H24N2O2/c1-4-5-16(20)18-8-10-19(11-9-18)17(21)15-7-6-13(2)12-14(15)3/h6-7,12H,4-5,8-11H2,1-3H3. The molecule has 114 valence electrons. The summed E-state index contributed by atoms with van der Waals surface area (Å²) in [6.07, 6.45) is 1.48. The highest BCUT2D eigenvalue weighted by Crippen LogP contribution is 2.15. The molecule has 1 heterocycles. The average Bonchev–Trinajstić information content (AvgIpc) is 2.47. The highest BCUT2D eigenvalue weighted by Gasteiger charge is 2.24. The molecule has 2 rings (SSSR count). The average molecular weight is 288 g/mol. The Labute approximate surface area is 126 Å². The Hall–Kier alpha value is -1.84. The molecule has 0 unspecified atom stereocenters. The van der Waals surface area contributed by atoms with Crippen LogP contribution in [0.3, 0.4) is 0 Å². The highest BCUT2D eigenvalue weighted by atomic mass is 16.2. The Morgan fingerprint density at radius 2 is 1.67 bits per heavy atom. The van der Waals surface area contributed by atoms with Crippen molar-refractivity contribution in [3.8, 4) is 0 Å². The second kappa shape index (κ2) is 6.74. The molecule has 21 heavy (non-hydrogen) atoms. The number of amides is 2. The molecular weight excluding hydrogens is 264 g/mol. The Balaban J connectivity index is 1.98. The van der Waals surface area contributed by atoms with Gasteiger partial charge >= 0.3 is 0 Å². The first-order valence-corrected chi connectivity index (χ1v) is 7.67. The van der Waals surface area contributed by atoms with Gasteiger partial charge in [-0.25, -0.2) is 0 Å². The minimum atomic E-state index is 0.0788. The minimum Gasteiger partial charge on any atom is -0.339 e. The SMILES string of the molecule is CCCC(=O)N1CCN(C(=O)c2ccc(C)cc2C)CC1. The number of carbonyl (C=O) groups excluding carboxylic acids is 2. The monoisotopic (exact) mass is 288 g/mol. The number of hydrogen-bond acceptors (Lipinski definition) is 2. The summed E-state index contributed by atoms with van der Waals surface area (Å²) in [5.41, 5.74) is 2.96. The van der Waals surface area contributed by atoms with Gasteiger partial charge < -0.3 is 9.80 Å². The molecule has 0 aliphatic carbocycles. The van der Waals surface area contributed by atoms with Gasteiger partial charge in [0.2, 0.25) is 5.91 Å². The summed E-state index contributed by atoms with van der Waals surface area (Å²) >= 11 is 0. The van der Waals surface area contributed by atoms with Crippen molar-refractivity contribution in [2.75, 3.05) is 26.2 Å². The second-order valence-corrected chi connectivity index (χ2v) is 5.74. The zero-order valence-electron chi connectivity index (χ0n) is 13.2. The first-order chi connectivity index (χ1) is 10.0. The summed E-state index contributed by atoms with van der Waals surface area (Å²) in [5, 5.41) is 0. The topological polar surface area (TPSA) is 40.6 Å². The van der Waals surface area contributed by atoms with E-state index >= 15 is 0 Å². The van der Waals surface area contributed by atoms with Crippen LogP contribution in [0.25, 0.3) is 0 Å². The van der Waals surface area contributed by atoms with Crippen molar-refractivity contribution in [3.63, 3.8) is 0 Å². The molecule has 1 aromatic rings. The maximum absolute atomic E-state index is 12.6. The lowest BCUT2D eigenvalue weighted by atomic mass is 10.0. The third kappa shape index (κ3) is 3.63. The van der Waals surface area contributed by atoms with Crippen molar-refractivity contribution in [1.82, 2.24) is 9.80 Å². The first kappa shape index (κ1) is 15.5. The number of benzene rings is 1. The molecule has 0 N–H and O–H groups in total. The van der Waals surface area contributed by atoms with Crippen LogP contribution >= 0.6 is 0 Å². The quantitative estimate of drug-likeness (QED) is 0.857. The molecule has 1 saturated heterocycles. The molecule has 0 bridgehead atoms. The molecule has 0 saturated carbocycles. The van der Waals surface area contributed by atoms with Gasteiger partial charge in [0.1, 0.15) is 0 Å². The Morgan fingerprint density at radius 1 is 1.05 bits per heavy atom. The number of rotatable bonds is 3. The van der Waals surface area contributed by atoms with Crippen LogP contribution in [0.15, 0.2) is 18.2 Å². The van der Waals surface area contributed by atoms with Crippen LogP contribution in [0, 0.1) is 13.8 Å². The van der Waals surface area contributed by atoms with Crippen LogP contribution in [0.1, 0.15) is 41.3 Å². The van der Waals surface area contributed by atoms with Crippen LogP contribution in [-0.4, -0.2) is 47.8 Å². The van der Waals surface area contributed by atoms with Gasteiger partial charge in [-0.15, -0.1) is 0 Å². The maximum Gasteiger partial charge on any atom is 0.254 e. The van der Waals surface area contributed by atoms with E-state index in [1.165, 1.54) is 5.56 Å². The van der Waals surface area contributed by atoms with Gasteiger partial charge in [0.05, 0.1) is 0 Å². The van der Waals surface area contributed by atoms with Gasteiger partial charge in [-0.2, -0.15) is 0 Å². The molecule has 1 aliphatic rings. The summed E-state index contributed by atoms with van der Waals surface area (Å²) < 4.78 is 0. The van der Waals surface area contributed by atoms with Crippen molar-refractivity contribution < 1.29 is 9.59 Å². The van der Waals surface area contributed by atoms with E-state index < -0.39 is 0 Å². The third-order valence-electron chi connectivity index (χ3n) is 4.00. The van der Waals surface area contributed by atoms with Crippen molar-refractivity contribution in [3.05, 3.63) is 34.9 Å². The minimum absolute atomic E-state index is 0.0788. The second-order valence-electron chi connectivity index (χ2n) is 5.74. The van der Waals surface area contributed by atoms with E-state index in [0.717, 1.165) is 17.5 Å². The van der Waals surface area contributed by atoms with Crippen molar-refractivity contribution in [1.29, 1.82) is 0 Å². The summed E-state index contributed by atoms with van der Waals surface area (Å²) in [4.78, 5) is 28.1. The molecule has 1 fully saturated rings. The fourth-order valence-electron chi connectivity index (χ4n) is 2.75. The van der Waals surface area contributed by atoms with E-state index in [1.54, 1.807) is 0 Å². The Morgan fingerprint density at radius 3 is 2.24 bits per heavy atom. The first-order valence-electron chi connectivity index (χ1n) is 7.67. The highest BCUT2D eigenvalue weighted by molar-refractivity contribution is 5.95. The lowest BCUT2D eigenvalue weighted by molar-refractivity contribution is -0.132. The zero-order valence-corrected chi connectivity index (χ0v) is 13.2. The molecule has 4 nitrogen and oxygen atoms in total. The smallest absolute Gasteiger partial charge is 0.254 e. The number of hydrogen-bond donors (Lipinski definition) is 0. The van der Waals surface area contributed by atoms with Crippen molar-refractivity contribution >= 4 is 11.8 Å². The van der Waals surface area contributed by atoms with Crippen LogP contribution < -0.4 is 0 Å². The maximum atomic E-state index is 12.6. The van der Waals surface area contributed by atoms with E-state index in [2.05, 4.69) is 0 Å². The molecule has 0 spiro atoms. The summed E-state index contributed by atoms with van der Waals surface area (Å²) in [6.45, 7) is 8.56. The fourth-order valence-corrected chi connectivity index (χ4v) is 2.75. The number of aryl methyl sites for hydroxylation is 2. The van der Waals surface area contributed by atoms with E-state index in [9.17, 15) is 9.59 Å². The van der Waals surface area contributed by atoms with Gasteiger partial charge in [-0.1, -0.05) is 24.6 Å². The summed E-state index contributed by atoms with van der Waals surface area (Å²) in [5.74, 6) is 0.284. The van der Waals surface area contributed by atoms with Crippen LogP contribution in [0.5, 0.6) is 0 Å². The molecule has 1 aromatic carbocycles. The molecular formula is C17H24N2O2. The lowest BCUT2D eigenvalue weighted by Crippen LogP contribution is -2.50. The predicted molar refractivity (Wildman–Crippen MR) is 83.3 cm³/mol. The predicted octanol–water partition coefficient (Wildman–Crippen LogP) is 2.39. The molecule has 0 radical (unpaired) electrons. The molecule has 0 atom stereocenters. The van der Waals surface area contributed by atoms with E-state index in [-0.39, 0.29) is 11.8 Å². The van der Waals surface area contributed by atoms with Gasteiger partial charge in [0.15, 0.2) is 0 Å². The van der Waals surface area contributed by atoms with Crippen LogP contribution in [0.2, 0.25) is 0 Å². The van der Waals surface area contributed by atoms with Crippen LogP contribution in [-0.2, 0) is 4.79 Å². The lowest BCUT2D eigenvalue weighted by Gasteiger charge is -2.35. The Bertz CT molecular complexity index is 532. The molecule has 4 heteroatoms. The van der Waals surface area contributed by atoms with Crippen molar-refractivity contribution in [2.45, 2.75) is 33.6 Å². The largest absolute Gasteiger partial charge is 0.339 e. The Kier molecular flexibility index (Phi) is 4.99. The third-order valence-corrected chi connectivity index (χ3v) is 4.00. The number of carbonyl (C=O) groups is 2. The molecule has 0 aromatic heterocycles. The number of nitrogens with zero attached hydrogens (tertiary/aromatic N) is 2. The van der Waals surface area contributed by atoms with E-state index in [4.69, 9.17) is 0 Å². The van der Waals surface area contributed by atoms with Gasteiger partial charge in [-0.05, 0) is 31.9 Å². The van der Waals surface area contributed by atoms with Crippen LogP contribution in [0.4, 0.5) is 0 Å². The van der Waals surface area contributed by atoms with Crippen molar-refractivity contribution in [2.24, 2.45) is 0 Å². The molecule has 2 amide bonds. The number of piperazine rings is 1. The fraction of sp³-hybridized carbons (Fsp3) is 0.529. The van der Waals surface area contributed by atoms with Gasteiger partial charge in [0.25, 0.3) is 5.91 Å². The van der Waals surface area contributed by atoms with Gasteiger partial charge in [0, 0.05) is 38.2 Å². The zero-order chi connectivity index (χ0) is 15.4. The summed E-state index contributed by atoms with van der Waals surface area (Å²) in [6, 6.07) is 5.91. The molecule has 1 aliphatic heterocycles. The van der Waals surface area contributed by atoms with E-state index in [0.29, 0.717) is 32.6 Å². The normalized spacial score (nSPS) is 15.2.